The number of hydrogen-bond acceptors (Lipinski definition) is 3. The van der Waals surface area contributed by atoms with Crippen LogP contribution < -0.4 is 10.1 Å². The van der Waals surface area contributed by atoms with Crippen LogP contribution in [0.1, 0.15) is 25.3 Å². The van der Waals surface area contributed by atoms with Crippen molar-refractivity contribution in [2.24, 2.45) is 5.41 Å². The second-order valence-corrected chi connectivity index (χ2v) is 6.31. The first-order valence-corrected chi connectivity index (χ1v) is 7.54. The first-order valence-electron chi connectivity index (χ1n) is 6.74. The Kier molecular flexibility index (Phi) is 5.25. The molecule has 0 aromatic heterocycles. The number of ether oxygens (including phenoxy) is 2. The SMILES string of the molecule is COc1c(Br)cccc1CNCC1(C)CCOCC1. The maximum absolute atomic E-state index is 5.44. The van der Waals surface area contributed by atoms with Gasteiger partial charge in [-0.05, 0) is 40.3 Å². The van der Waals surface area contributed by atoms with E-state index in [1.807, 2.05) is 12.1 Å². The average Bonchev–Trinajstić information content (AvgIpc) is 2.39. The van der Waals surface area contributed by atoms with Gasteiger partial charge < -0.3 is 14.8 Å². The van der Waals surface area contributed by atoms with Gasteiger partial charge in [-0.25, -0.2) is 0 Å². The summed E-state index contributed by atoms with van der Waals surface area (Å²) in [5.74, 6) is 0.923. The number of nitrogens with one attached hydrogen (secondary N) is 1. The highest BCUT2D eigenvalue weighted by Gasteiger charge is 2.26. The van der Waals surface area contributed by atoms with Gasteiger partial charge in [0.05, 0.1) is 11.6 Å². The van der Waals surface area contributed by atoms with Crippen molar-refractivity contribution in [3.05, 3.63) is 28.2 Å². The Morgan fingerprint density at radius 2 is 2.11 bits per heavy atom. The minimum Gasteiger partial charge on any atom is -0.495 e. The minimum absolute atomic E-state index is 0.359. The second kappa shape index (κ2) is 6.73. The average molecular weight is 328 g/mol. The number of halogens is 1. The molecule has 0 unspecified atom stereocenters. The van der Waals surface area contributed by atoms with Gasteiger partial charge in [-0.1, -0.05) is 19.1 Å². The fourth-order valence-corrected chi connectivity index (χ4v) is 3.03. The Labute approximate surface area is 123 Å². The molecule has 106 valence electrons. The molecule has 1 saturated heterocycles. The van der Waals surface area contributed by atoms with Gasteiger partial charge >= 0.3 is 0 Å². The number of hydrogen-bond donors (Lipinski definition) is 1. The van der Waals surface area contributed by atoms with Crippen LogP contribution in [-0.2, 0) is 11.3 Å². The Bertz CT molecular complexity index is 417. The van der Waals surface area contributed by atoms with Crippen LogP contribution in [0.2, 0.25) is 0 Å². The molecule has 0 atom stereocenters. The third-order valence-electron chi connectivity index (χ3n) is 3.82. The molecule has 19 heavy (non-hydrogen) atoms. The predicted octanol–water partition coefficient (Wildman–Crippen LogP) is 3.36. The van der Waals surface area contributed by atoms with E-state index in [9.17, 15) is 0 Å². The summed E-state index contributed by atoms with van der Waals surface area (Å²) in [5.41, 5.74) is 1.55. The lowest BCUT2D eigenvalue weighted by atomic mass is 9.82. The Morgan fingerprint density at radius 1 is 1.37 bits per heavy atom. The highest BCUT2D eigenvalue weighted by atomic mass is 79.9. The van der Waals surface area contributed by atoms with Crippen molar-refractivity contribution < 1.29 is 9.47 Å². The molecule has 1 fully saturated rings. The number of para-hydroxylation sites is 1. The summed E-state index contributed by atoms with van der Waals surface area (Å²) in [6.07, 6.45) is 2.27. The molecule has 1 N–H and O–H groups in total. The van der Waals surface area contributed by atoms with E-state index >= 15 is 0 Å². The molecular formula is C15H22BrNO2. The van der Waals surface area contributed by atoms with Gasteiger partial charge in [0, 0.05) is 31.9 Å². The van der Waals surface area contributed by atoms with E-state index in [1.54, 1.807) is 7.11 Å². The molecule has 1 heterocycles. The lowest BCUT2D eigenvalue weighted by Gasteiger charge is -2.33. The molecule has 0 spiro atoms. The molecule has 1 aromatic rings. The molecule has 0 aliphatic carbocycles. The van der Waals surface area contributed by atoms with Gasteiger partial charge in [-0.3, -0.25) is 0 Å². The summed E-state index contributed by atoms with van der Waals surface area (Å²) in [5, 5.41) is 3.56. The normalized spacial score (nSPS) is 18.3. The van der Waals surface area contributed by atoms with Gasteiger partial charge in [0.15, 0.2) is 0 Å². The topological polar surface area (TPSA) is 30.5 Å². The summed E-state index contributed by atoms with van der Waals surface area (Å²) in [6, 6.07) is 6.14. The van der Waals surface area contributed by atoms with Gasteiger partial charge in [0.2, 0.25) is 0 Å². The summed E-state index contributed by atoms with van der Waals surface area (Å²) in [6.45, 7) is 5.96. The second-order valence-electron chi connectivity index (χ2n) is 5.46. The highest BCUT2D eigenvalue weighted by Crippen LogP contribution is 2.30. The minimum atomic E-state index is 0.359. The fourth-order valence-electron chi connectivity index (χ4n) is 2.46. The van der Waals surface area contributed by atoms with Crippen LogP contribution in [-0.4, -0.2) is 26.9 Å². The van der Waals surface area contributed by atoms with Crippen molar-refractivity contribution in [1.82, 2.24) is 5.32 Å². The fraction of sp³-hybridized carbons (Fsp3) is 0.600. The Morgan fingerprint density at radius 3 is 2.79 bits per heavy atom. The first kappa shape index (κ1) is 14.8. The van der Waals surface area contributed by atoms with E-state index in [0.29, 0.717) is 5.41 Å². The summed E-state index contributed by atoms with van der Waals surface area (Å²) in [7, 11) is 1.71. The zero-order chi connectivity index (χ0) is 13.7. The first-order chi connectivity index (χ1) is 9.14. The van der Waals surface area contributed by atoms with Crippen LogP contribution in [0.4, 0.5) is 0 Å². The van der Waals surface area contributed by atoms with Crippen LogP contribution in [0.15, 0.2) is 22.7 Å². The summed E-state index contributed by atoms with van der Waals surface area (Å²) >= 11 is 3.52. The molecule has 0 saturated carbocycles. The van der Waals surface area contributed by atoms with Crippen LogP contribution >= 0.6 is 15.9 Å². The third-order valence-corrected chi connectivity index (χ3v) is 4.44. The number of rotatable bonds is 5. The quantitative estimate of drug-likeness (QED) is 0.899. The van der Waals surface area contributed by atoms with Crippen molar-refractivity contribution in [2.75, 3.05) is 26.9 Å². The standard InChI is InChI=1S/C15H22BrNO2/c1-15(6-8-19-9-7-15)11-17-10-12-4-3-5-13(16)14(12)18-2/h3-5,17H,6-11H2,1-2H3. The molecule has 1 aromatic carbocycles. The van der Waals surface area contributed by atoms with Crippen LogP contribution in [0.5, 0.6) is 5.75 Å². The van der Waals surface area contributed by atoms with Crippen molar-refractivity contribution in [3.8, 4) is 5.75 Å². The molecule has 1 aliphatic heterocycles. The maximum Gasteiger partial charge on any atom is 0.137 e. The molecule has 0 radical (unpaired) electrons. The lowest BCUT2D eigenvalue weighted by molar-refractivity contribution is 0.0240. The molecular weight excluding hydrogens is 306 g/mol. The van der Waals surface area contributed by atoms with Gasteiger partial charge in [-0.15, -0.1) is 0 Å². The number of methoxy groups -OCH3 is 1. The third kappa shape index (κ3) is 3.94. The molecule has 4 heteroatoms. The van der Waals surface area contributed by atoms with Crippen LogP contribution in [0, 0.1) is 5.41 Å². The Balaban J connectivity index is 1.90. The molecule has 2 rings (SSSR count). The van der Waals surface area contributed by atoms with Gasteiger partial charge in [0.1, 0.15) is 5.75 Å². The van der Waals surface area contributed by atoms with Gasteiger partial charge in [0.25, 0.3) is 0 Å². The molecule has 0 amide bonds. The smallest absolute Gasteiger partial charge is 0.137 e. The summed E-state index contributed by atoms with van der Waals surface area (Å²) in [4.78, 5) is 0. The Hall–Kier alpha value is -0.580. The number of benzene rings is 1. The van der Waals surface area contributed by atoms with Crippen molar-refractivity contribution >= 4 is 15.9 Å². The van der Waals surface area contributed by atoms with Crippen molar-refractivity contribution in [3.63, 3.8) is 0 Å². The van der Waals surface area contributed by atoms with E-state index in [-0.39, 0.29) is 0 Å². The maximum atomic E-state index is 5.44. The molecule has 1 aliphatic rings. The van der Waals surface area contributed by atoms with E-state index in [0.717, 1.165) is 49.4 Å². The largest absolute Gasteiger partial charge is 0.495 e. The summed E-state index contributed by atoms with van der Waals surface area (Å²) < 4.78 is 11.9. The van der Waals surface area contributed by atoms with Gasteiger partial charge in [-0.2, -0.15) is 0 Å². The van der Waals surface area contributed by atoms with E-state index < -0.39 is 0 Å². The van der Waals surface area contributed by atoms with E-state index in [2.05, 4.69) is 34.2 Å². The monoisotopic (exact) mass is 327 g/mol. The van der Waals surface area contributed by atoms with E-state index in [4.69, 9.17) is 9.47 Å². The molecule has 0 bridgehead atoms. The van der Waals surface area contributed by atoms with Crippen molar-refractivity contribution in [1.29, 1.82) is 0 Å². The lowest BCUT2D eigenvalue weighted by Crippen LogP contribution is -2.36. The van der Waals surface area contributed by atoms with Crippen LogP contribution in [0.25, 0.3) is 0 Å². The zero-order valence-electron chi connectivity index (χ0n) is 11.7. The molecule has 3 nitrogen and oxygen atoms in total. The van der Waals surface area contributed by atoms with Crippen LogP contribution in [0.3, 0.4) is 0 Å². The predicted molar refractivity (Wildman–Crippen MR) is 80.6 cm³/mol. The highest BCUT2D eigenvalue weighted by molar-refractivity contribution is 9.10. The zero-order valence-corrected chi connectivity index (χ0v) is 13.3. The van der Waals surface area contributed by atoms with Crippen molar-refractivity contribution in [2.45, 2.75) is 26.3 Å². The van der Waals surface area contributed by atoms with E-state index in [1.165, 1.54) is 5.56 Å².